The highest BCUT2D eigenvalue weighted by Crippen LogP contribution is 2.24. The second-order valence-electron chi connectivity index (χ2n) is 5.10. The molecular formula is C17H13N3O4. The topological polar surface area (TPSA) is 94.4 Å². The van der Waals surface area contributed by atoms with Gasteiger partial charge in [-0.25, -0.2) is 9.78 Å². The first kappa shape index (κ1) is 15.4. The average molecular weight is 323 g/mol. The number of ether oxygens (including phenoxy) is 1. The zero-order valence-electron chi connectivity index (χ0n) is 12.7. The van der Waals surface area contributed by atoms with Crippen molar-refractivity contribution in [1.29, 1.82) is 0 Å². The number of anilines is 1. The number of nitro groups is 1. The van der Waals surface area contributed by atoms with E-state index in [2.05, 4.69) is 10.3 Å². The lowest BCUT2D eigenvalue weighted by molar-refractivity contribution is -0.384. The molecule has 1 heterocycles. The number of pyridine rings is 1. The predicted molar refractivity (Wildman–Crippen MR) is 89.2 cm³/mol. The fourth-order valence-corrected chi connectivity index (χ4v) is 2.24. The van der Waals surface area contributed by atoms with E-state index in [0.717, 1.165) is 11.1 Å². The van der Waals surface area contributed by atoms with Crippen LogP contribution in [0.1, 0.15) is 5.69 Å². The molecule has 3 rings (SSSR count). The molecule has 0 aliphatic heterocycles. The quantitative estimate of drug-likeness (QED) is 0.579. The maximum absolute atomic E-state index is 12.1. The summed E-state index contributed by atoms with van der Waals surface area (Å²) >= 11 is 0. The Morgan fingerprint density at radius 2 is 1.96 bits per heavy atom. The van der Waals surface area contributed by atoms with Crippen molar-refractivity contribution in [1.82, 2.24) is 4.98 Å². The minimum Gasteiger partial charge on any atom is -0.408 e. The van der Waals surface area contributed by atoms with Gasteiger partial charge in [0.05, 0.1) is 10.6 Å². The average Bonchev–Trinajstić information content (AvgIpc) is 2.55. The van der Waals surface area contributed by atoms with Gasteiger partial charge in [0.2, 0.25) is 0 Å². The number of para-hydroxylation sites is 1. The molecule has 0 saturated carbocycles. The van der Waals surface area contributed by atoms with Gasteiger partial charge in [-0.1, -0.05) is 24.3 Å². The first-order chi connectivity index (χ1) is 11.5. The van der Waals surface area contributed by atoms with Gasteiger partial charge in [-0.2, -0.15) is 0 Å². The molecule has 7 heteroatoms. The summed E-state index contributed by atoms with van der Waals surface area (Å²) in [4.78, 5) is 26.7. The first-order valence-corrected chi connectivity index (χ1v) is 7.12. The van der Waals surface area contributed by atoms with E-state index in [-0.39, 0.29) is 11.4 Å². The number of nitro benzene ring substituents is 1. The van der Waals surface area contributed by atoms with Crippen molar-refractivity contribution in [2.75, 3.05) is 5.32 Å². The van der Waals surface area contributed by atoms with Crippen LogP contribution in [0.25, 0.3) is 10.9 Å². The molecule has 0 unspecified atom stereocenters. The summed E-state index contributed by atoms with van der Waals surface area (Å²) in [6.07, 6.45) is -0.744. The molecule has 1 amide bonds. The van der Waals surface area contributed by atoms with Crippen LogP contribution in [-0.4, -0.2) is 16.0 Å². The summed E-state index contributed by atoms with van der Waals surface area (Å²) in [5.41, 5.74) is 1.54. The Morgan fingerprint density at radius 1 is 1.17 bits per heavy atom. The molecule has 0 saturated heterocycles. The highest BCUT2D eigenvalue weighted by atomic mass is 16.6. The van der Waals surface area contributed by atoms with Crippen molar-refractivity contribution in [2.24, 2.45) is 0 Å². The third kappa shape index (κ3) is 3.30. The Kier molecular flexibility index (Phi) is 4.07. The molecule has 0 bridgehead atoms. The third-order valence-corrected chi connectivity index (χ3v) is 3.33. The summed E-state index contributed by atoms with van der Waals surface area (Å²) < 4.78 is 5.30. The fourth-order valence-electron chi connectivity index (χ4n) is 2.24. The molecule has 1 N–H and O–H groups in total. The van der Waals surface area contributed by atoms with E-state index in [0.29, 0.717) is 11.3 Å². The number of non-ortho nitro benzene ring substituents is 1. The fraction of sp³-hybridized carbons (Fsp3) is 0.0588. The number of carbonyl (C=O) groups excluding carboxylic acids is 1. The number of aryl methyl sites for hydroxylation is 1. The summed E-state index contributed by atoms with van der Waals surface area (Å²) in [7, 11) is 0. The standard InChI is InChI=1S/C17H13N3O4/c1-11-8-9-12-4-2-7-15(16(12)18-11)24-17(21)19-13-5-3-6-14(10-13)20(22)23/h2-10H,1H3,(H,19,21). The largest absolute Gasteiger partial charge is 0.417 e. The molecule has 0 radical (unpaired) electrons. The van der Waals surface area contributed by atoms with E-state index in [1.54, 1.807) is 18.2 Å². The molecule has 2 aromatic carbocycles. The van der Waals surface area contributed by atoms with Gasteiger partial charge in [-0.05, 0) is 25.1 Å². The molecule has 3 aromatic rings. The first-order valence-electron chi connectivity index (χ1n) is 7.12. The third-order valence-electron chi connectivity index (χ3n) is 3.33. The predicted octanol–water partition coefficient (Wildman–Crippen LogP) is 4.06. The molecular weight excluding hydrogens is 310 g/mol. The van der Waals surface area contributed by atoms with E-state index < -0.39 is 11.0 Å². The van der Waals surface area contributed by atoms with Crippen LogP contribution in [0.4, 0.5) is 16.2 Å². The van der Waals surface area contributed by atoms with Crippen LogP contribution in [0, 0.1) is 17.0 Å². The number of hydrogen-bond acceptors (Lipinski definition) is 5. The lowest BCUT2D eigenvalue weighted by atomic mass is 10.2. The number of fused-ring (bicyclic) bond motifs is 1. The summed E-state index contributed by atoms with van der Waals surface area (Å²) in [6.45, 7) is 1.85. The SMILES string of the molecule is Cc1ccc2cccc(OC(=O)Nc3cccc([N+](=O)[O-])c3)c2n1. The van der Waals surface area contributed by atoms with Gasteiger partial charge in [0, 0.05) is 23.2 Å². The minimum atomic E-state index is -0.744. The molecule has 0 aliphatic rings. The molecule has 0 atom stereocenters. The Bertz CT molecular complexity index is 940. The second kappa shape index (κ2) is 6.33. The maximum Gasteiger partial charge on any atom is 0.417 e. The van der Waals surface area contributed by atoms with E-state index in [1.165, 1.54) is 18.2 Å². The molecule has 24 heavy (non-hydrogen) atoms. The Hall–Kier alpha value is -3.48. The van der Waals surface area contributed by atoms with Gasteiger partial charge in [-0.3, -0.25) is 15.4 Å². The molecule has 0 fully saturated rings. The Morgan fingerprint density at radius 3 is 2.75 bits per heavy atom. The van der Waals surface area contributed by atoms with Crippen LogP contribution in [0.15, 0.2) is 54.6 Å². The number of benzene rings is 2. The molecule has 7 nitrogen and oxygen atoms in total. The Balaban J connectivity index is 1.82. The highest BCUT2D eigenvalue weighted by Gasteiger charge is 2.12. The number of carbonyl (C=O) groups is 1. The number of amides is 1. The van der Waals surface area contributed by atoms with Crippen molar-refractivity contribution in [3.8, 4) is 5.75 Å². The van der Waals surface area contributed by atoms with Crippen LogP contribution >= 0.6 is 0 Å². The van der Waals surface area contributed by atoms with Gasteiger partial charge in [0.1, 0.15) is 5.52 Å². The van der Waals surface area contributed by atoms with Crippen LogP contribution < -0.4 is 10.1 Å². The van der Waals surface area contributed by atoms with Crippen molar-refractivity contribution in [2.45, 2.75) is 6.92 Å². The number of nitrogens with one attached hydrogen (secondary N) is 1. The molecule has 0 spiro atoms. The van der Waals surface area contributed by atoms with Crippen molar-refractivity contribution < 1.29 is 14.5 Å². The van der Waals surface area contributed by atoms with Gasteiger partial charge >= 0.3 is 6.09 Å². The Labute approximate surface area is 137 Å². The van der Waals surface area contributed by atoms with Gasteiger partial charge in [0.15, 0.2) is 5.75 Å². The van der Waals surface area contributed by atoms with Gasteiger partial charge in [0.25, 0.3) is 5.69 Å². The van der Waals surface area contributed by atoms with E-state index in [1.807, 2.05) is 25.1 Å². The number of nitrogens with zero attached hydrogens (tertiary/aromatic N) is 2. The van der Waals surface area contributed by atoms with Crippen LogP contribution in [0.5, 0.6) is 5.75 Å². The molecule has 1 aromatic heterocycles. The second-order valence-corrected chi connectivity index (χ2v) is 5.10. The van der Waals surface area contributed by atoms with Crippen molar-refractivity contribution in [3.63, 3.8) is 0 Å². The molecule has 120 valence electrons. The number of rotatable bonds is 3. The van der Waals surface area contributed by atoms with Crippen molar-refractivity contribution >= 4 is 28.4 Å². The highest BCUT2D eigenvalue weighted by molar-refractivity contribution is 5.91. The summed E-state index contributed by atoms with van der Waals surface area (Å²) in [5, 5.41) is 14.1. The van der Waals surface area contributed by atoms with E-state index in [9.17, 15) is 14.9 Å². The smallest absolute Gasteiger partial charge is 0.408 e. The summed E-state index contributed by atoms with van der Waals surface area (Å²) in [5.74, 6) is 0.319. The zero-order valence-corrected chi connectivity index (χ0v) is 12.7. The minimum absolute atomic E-state index is 0.116. The molecule has 0 aliphatic carbocycles. The lowest BCUT2D eigenvalue weighted by Crippen LogP contribution is -2.17. The number of hydrogen-bond donors (Lipinski definition) is 1. The summed E-state index contributed by atoms with van der Waals surface area (Å²) in [6, 6.07) is 14.7. The van der Waals surface area contributed by atoms with Crippen molar-refractivity contribution in [3.05, 3.63) is 70.4 Å². The van der Waals surface area contributed by atoms with E-state index in [4.69, 9.17) is 4.74 Å². The lowest BCUT2D eigenvalue weighted by Gasteiger charge is -2.09. The van der Waals surface area contributed by atoms with Gasteiger partial charge in [-0.15, -0.1) is 0 Å². The zero-order chi connectivity index (χ0) is 17.1. The van der Waals surface area contributed by atoms with Gasteiger partial charge < -0.3 is 4.74 Å². The van der Waals surface area contributed by atoms with Crippen LogP contribution in [0.3, 0.4) is 0 Å². The normalized spacial score (nSPS) is 10.4. The van der Waals surface area contributed by atoms with Crippen LogP contribution in [0.2, 0.25) is 0 Å². The number of aromatic nitrogens is 1. The van der Waals surface area contributed by atoms with Crippen LogP contribution in [-0.2, 0) is 0 Å². The maximum atomic E-state index is 12.1. The van der Waals surface area contributed by atoms with E-state index >= 15 is 0 Å². The monoisotopic (exact) mass is 323 g/mol.